The molecule has 9 heteroatoms. The molecule has 5 atom stereocenters. The van der Waals surface area contributed by atoms with Crippen molar-refractivity contribution < 1.29 is 24.7 Å². The smallest absolute Gasteiger partial charge is 0.311 e. The van der Waals surface area contributed by atoms with Crippen molar-refractivity contribution in [2.24, 2.45) is 10.8 Å². The van der Waals surface area contributed by atoms with Gasteiger partial charge < -0.3 is 20.4 Å². The third-order valence-corrected chi connectivity index (χ3v) is 11.2. The van der Waals surface area contributed by atoms with Crippen LogP contribution >= 0.6 is 0 Å². The topological polar surface area (TPSA) is 133 Å². The molecule has 2 saturated heterocycles. The molecular formula is C37H45N3O6. The van der Waals surface area contributed by atoms with Crippen molar-refractivity contribution in [3.8, 4) is 0 Å². The molecular weight excluding hydrogens is 582 g/mol. The van der Waals surface area contributed by atoms with Crippen LogP contribution in [0.3, 0.4) is 0 Å². The second kappa shape index (κ2) is 13.3. The number of likely N-dealkylation sites (tertiary alicyclic amines) is 1. The molecule has 2 aliphatic rings. The van der Waals surface area contributed by atoms with Crippen LogP contribution in [-0.4, -0.2) is 63.7 Å². The first kappa shape index (κ1) is 33.3. The van der Waals surface area contributed by atoms with Gasteiger partial charge in [-0.25, -0.2) is 0 Å². The first-order valence-electron chi connectivity index (χ1n) is 16.3. The molecule has 0 aliphatic carbocycles. The number of nitro benzene ring substituents is 1. The summed E-state index contributed by atoms with van der Waals surface area (Å²) in [6.45, 7) is 7.76. The highest BCUT2D eigenvalue weighted by Gasteiger charge is 2.64. The van der Waals surface area contributed by atoms with Crippen LogP contribution in [0.1, 0.15) is 75.5 Å². The lowest BCUT2D eigenvalue weighted by atomic mass is 9.51. The van der Waals surface area contributed by atoms with Gasteiger partial charge in [0.15, 0.2) is 0 Å². The van der Waals surface area contributed by atoms with Crippen LogP contribution in [0.15, 0.2) is 84.9 Å². The number of unbranched alkanes of at least 4 members (excludes halogenated alkanes) is 1. The quantitative estimate of drug-likeness (QED) is 0.125. The Kier molecular flexibility index (Phi) is 9.65. The summed E-state index contributed by atoms with van der Waals surface area (Å²) in [7, 11) is 0. The molecule has 9 nitrogen and oxygen atoms in total. The van der Waals surface area contributed by atoms with Crippen molar-refractivity contribution in [1.82, 2.24) is 10.2 Å². The van der Waals surface area contributed by atoms with Gasteiger partial charge >= 0.3 is 11.9 Å². The summed E-state index contributed by atoms with van der Waals surface area (Å²) in [5.74, 6) is -3.21. The number of carboxylic acid groups (broad SMARTS) is 2. The number of benzene rings is 3. The number of carbonyl (C=O) groups is 2. The number of nitrogens with one attached hydrogen (secondary N) is 1. The van der Waals surface area contributed by atoms with Crippen molar-refractivity contribution >= 4 is 17.6 Å². The minimum Gasteiger partial charge on any atom is -0.481 e. The molecule has 0 bridgehead atoms. The minimum absolute atomic E-state index is 0.0565. The molecule has 0 radical (unpaired) electrons. The minimum atomic E-state index is -1.52. The van der Waals surface area contributed by atoms with E-state index in [1.54, 1.807) is 26.8 Å². The van der Waals surface area contributed by atoms with Gasteiger partial charge in [0.1, 0.15) is 0 Å². The fourth-order valence-electron chi connectivity index (χ4n) is 8.45. The molecule has 0 saturated carbocycles. The van der Waals surface area contributed by atoms with Crippen molar-refractivity contribution in [3.63, 3.8) is 0 Å². The predicted octanol–water partition coefficient (Wildman–Crippen LogP) is 6.47. The Morgan fingerprint density at radius 3 is 1.98 bits per heavy atom. The van der Waals surface area contributed by atoms with Crippen LogP contribution in [-0.2, 0) is 15.0 Å². The number of piperidine rings is 2. The molecule has 46 heavy (non-hydrogen) atoms. The number of aliphatic carboxylic acids is 2. The molecule has 3 aromatic rings. The molecule has 244 valence electrons. The number of nitro groups is 1. The Hall–Kier alpha value is -4.08. The summed E-state index contributed by atoms with van der Waals surface area (Å²) in [4.78, 5) is 39.9. The average Bonchev–Trinajstić information content (AvgIpc) is 3.06. The van der Waals surface area contributed by atoms with E-state index < -0.39 is 45.7 Å². The zero-order valence-corrected chi connectivity index (χ0v) is 26.9. The van der Waals surface area contributed by atoms with E-state index in [1.807, 2.05) is 12.1 Å². The second-order valence-corrected chi connectivity index (χ2v) is 13.4. The Balaban J connectivity index is 1.35. The monoisotopic (exact) mass is 627 g/mol. The third kappa shape index (κ3) is 5.82. The van der Waals surface area contributed by atoms with Crippen LogP contribution < -0.4 is 5.32 Å². The number of hydrogen-bond acceptors (Lipinski definition) is 6. The molecule has 2 fully saturated rings. The number of rotatable bonds is 11. The van der Waals surface area contributed by atoms with Crippen molar-refractivity contribution in [2.75, 3.05) is 19.6 Å². The second-order valence-electron chi connectivity index (χ2n) is 13.4. The summed E-state index contributed by atoms with van der Waals surface area (Å²) >= 11 is 0. The number of carboxylic acids is 2. The lowest BCUT2D eigenvalue weighted by molar-refractivity contribution is -0.385. The SMILES string of the molecule is CC1N[C@H](C)C(C)(C(=O)O)C(c2cccc([N+](=O)[O-])c2)C1(CCCCN1CCC(c2ccccc2)(c2ccccc2)CC1)C(=O)O. The van der Waals surface area contributed by atoms with E-state index in [0.717, 1.165) is 38.9 Å². The van der Waals surface area contributed by atoms with Crippen LogP contribution in [0.4, 0.5) is 5.69 Å². The van der Waals surface area contributed by atoms with E-state index in [-0.39, 0.29) is 17.5 Å². The number of nitrogens with zero attached hydrogens (tertiary/aromatic N) is 2. The van der Waals surface area contributed by atoms with Gasteiger partial charge in [-0.05, 0) is 82.8 Å². The Labute approximate surface area is 270 Å². The van der Waals surface area contributed by atoms with Crippen LogP contribution in [0.2, 0.25) is 0 Å². The Morgan fingerprint density at radius 2 is 1.46 bits per heavy atom. The maximum atomic E-state index is 13.4. The highest BCUT2D eigenvalue weighted by Crippen LogP contribution is 2.57. The molecule has 0 amide bonds. The van der Waals surface area contributed by atoms with Gasteiger partial charge in [-0.1, -0.05) is 79.2 Å². The zero-order valence-electron chi connectivity index (χ0n) is 26.9. The molecule has 3 N–H and O–H groups in total. The maximum Gasteiger partial charge on any atom is 0.311 e. The highest BCUT2D eigenvalue weighted by molar-refractivity contribution is 5.84. The van der Waals surface area contributed by atoms with Crippen molar-refractivity contribution in [1.29, 1.82) is 0 Å². The van der Waals surface area contributed by atoms with E-state index >= 15 is 0 Å². The van der Waals surface area contributed by atoms with Gasteiger partial charge in [-0.3, -0.25) is 19.7 Å². The standard InChI is InChI=1S/C37H45N3O6/c1-26-35(3,33(41)42)32(28-13-12-18-31(25-28)40(45)46)37(34(43)44,27(2)38-26)19-10-11-22-39-23-20-36(21-24-39,29-14-6-4-7-15-29)30-16-8-5-9-17-30/h4-9,12-18,25-27,32,38H,10-11,19-24H2,1-3H3,(H,41,42)(H,43,44)/t26-,27?,32?,35?,37?/m1/s1. The molecule has 2 aliphatic heterocycles. The third-order valence-electron chi connectivity index (χ3n) is 11.2. The van der Waals surface area contributed by atoms with Gasteiger partial charge in [0.2, 0.25) is 0 Å². The van der Waals surface area contributed by atoms with E-state index in [0.29, 0.717) is 12.0 Å². The maximum absolute atomic E-state index is 13.4. The van der Waals surface area contributed by atoms with E-state index in [9.17, 15) is 29.9 Å². The fourth-order valence-corrected chi connectivity index (χ4v) is 8.45. The van der Waals surface area contributed by atoms with E-state index in [1.165, 1.54) is 29.3 Å². The van der Waals surface area contributed by atoms with Crippen LogP contribution in [0, 0.1) is 20.9 Å². The van der Waals surface area contributed by atoms with Crippen LogP contribution in [0.5, 0.6) is 0 Å². The van der Waals surface area contributed by atoms with Gasteiger partial charge in [0, 0.05) is 35.5 Å². The Bertz CT molecular complexity index is 1500. The number of hydrogen-bond donors (Lipinski definition) is 3. The molecule has 0 spiro atoms. The molecule has 0 aromatic heterocycles. The lowest BCUT2D eigenvalue weighted by Crippen LogP contribution is -2.68. The summed E-state index contributed by atoms with van der Waals surface area (Å²) < 4.78 is 0. The molecule has 4 unspecified atom stereocenters. The first-order valence-corrected chi connectivity index (χ1v) is 16.3. The van der Waals surface area contributed by atoms with Gasteiger partial charge in [0.25, 0.3) is 5.69 Å². The van der Waals surface area contributed by atoms with Crippen LogP contribution in [0.25, 0.3) is 0 Å². The number of non-ortho nitro benzene ring substituents is 1. The van der Waals surface area contributed by atoms with Gasteiger partial charge in [0.05, 0.1) is 15.8 Å². The normalized spacial score (nSPS) is 27.9. The largest absolute Gasteiger partial charge is 0.481 e. The first-order chi connectivity index (χ1) is 22.0. The zero-order chi connectivity index (χ0) is 33.1. The summed E-state index contributed by atoms with van der Waals surface area (Å²) in [6, 6.07) is 26.1. The van der Waals surface area contributed by atoms with Crippen molar-refractivity contribution in [2.45, 2.75) is 76.3 Å². The van der Waals surface area contributed by atoms with E-state index in [2.05, 4.69) is 58.7 Å². The molecule has 2 heterocycles. The highest BCUT2D eigenvalue weighted by atomic mass is 16.6. The molecule has 3 aromatic carbocycles. The Morgan fingerprint density at radius 1 is 0.870 bits per heavy atom. The van der Waals surface area contributed by atoms with Gasteiger partial charge in [-0.2, -0.15) is 0 Å². The van der Waals surface area contributed by atoms with Gasteiger partial charge in [-0.15, -0.1) is 0 Å². The average molecular weight is 628 g/mol. The van der Waals surface area contributed by atoms with E-state index in [4.69, 9.17) is 0 Å². The lowest BCUT2D eigenvalue weighted by Gasteiger charge is -2.56. The fraction of sp³-hybridized carbons (Fsp3) is 0.459. The summed E-state index contributed by atoms with van der Waals surface area (Å²) in [5, 5.41) is 36.4. The molecule has 5 rings (SSSR count). The van der Waals surface area contributed by atoms with Crippen molar-refractivity contribution in [3.05, 3.63) is 112 Å². The summed E-state index contributed by atoms with van der Waals surface area (Å²) in [5.41, 5.74) is -0.236. The predicted molar refractivity (Wildman–Crippen MR) is 177 cm³/mol. The summed E-state index contributed by atoms with van der Waals surface area (Å²) in [6.07, 6.45) is 3.53.